The summed E-state index contributed by atoms with van der Waals surface area (Å²) in [7, 11) is 0. The van der Waals surface area contributed by atoms with Crippen molar-refractivity contribution in [3.8, 4) is 0 Å². The highest BCUT2D eigenvalue weighted by Gasteiger charge is 2.44. The Labute approximate surface area is 63.0 Å². The Bertz CT molecular complexity index is 121. The van der Waals surface area contributed by atoms with Crippen LogP contribution < -0.4 is 5.73 Å². The van der Waals surface area contributed by atoms with Crippen LogP contribution in [-0.2, 0) is 0 Å². The molecule has 1 heteroatoms. The molecule has 3 aliphatic rings. The van der Waals surface area contributed by atoms with Crippen LogP contribution in [0.25, 0.3) is 0 Å². The number of nitrogens with two attached hydrogens (primary N) is 1. The van der Waals surface area contributed by atoms with Gasteiger partial charge in [0.15, 0.2) is 0 Å². The van der Waals surface area contributed by atoms with Crippen LogP contribution in [0.2, 0.25) is 0 Å². The maximum absolute atomic E-state index is 5.94. The van der Waals surface area contributed by atoms with Gasteiger partial charge in [-0.25, -0.2) is 0 Å². The van der Waals surface area contributed by atoms with Crippen molar-refractivity contribution in [3.63, 3.8) is 0 Å². The first-order valence-corrected chi connectivity index (χ1v) is 4.56. The normalized spacial score (nSPS) is 52.2. The highest BCUT2D eigenvalue weighted by Crippen LogP contribution is 2.47. The van der Waals surface area contributed by atoms with Gasteiger partial charge in [-0.1, -0.05) is 13.3 Å². The van der Waals surface area contributed by atoms with E-state index in [4.69, 9.17) is 5.73 Å². The molecule has 10 heavy (non-hydrogen) atoms. The largest absolute Gasteiger partial charge is 0.327 e. The van der Waals surface area contributed by atoms with E-state index in [1.165, 1.54) is 25.7 Å². The fourth-order valence-corrected chi connectivity index (χ4v) is 2.68. The van der Waals surface area contributed by atoms with E-state index in [9.17, 15) is 0 Å². The van der Waals surface area contributed by atoms with Gasteiger partial charge in [0.25, 0.3) is 0 Å². The predicted molar refractivity (Wildman–Crippen MR) is 42.6 cm³/mol. The maximum atomic E-state index is 5.94. The Hall–Kier alpha value is -0.0400. The Kier molecular flexibility index (Phi) is 1.48. The van der Waals surface area contributed by atoms with E-state index in [1.807, 2.05) is 0 Å². The van der Waals surface area contributed by atoms with Crippen molar-refractivity contribution < 1.29 is 0 Å². The summed E-state index contributed by atoms with van der Waals surface area (Å²) in [6, 6.07) is 0.586. The summed E-state index contributed by atoms with van der Waals surface area (Å²) >= 11 is 0. The zero-order valence-electron chi connectivity index (χ0n) is 6.72. The van der Waals surface area contributed by atoms with Gasteiger partial charge in [-0.05, 0) is 37.0 Å². The number of rotatable bonds is 1. The molecule has 2 unspecified atom stereocenters. The van der Waals surface area contributed by atoms with Gasteiger partial charge < -0.3 is 5.73 Å². The molecule has 2 bridgehead atoms. The molecule has 1 nitrogen and oxygen atoms in total. The molecule has 2 atom stereocenters. The van der Waals surface area contributed by atoms with Gasteiger partial charge in [-0.3, -0.25) is 0 Å². The molecule has 0 aromatic rings. The van der Waals surface area contributed by atoms with E-state index in [2.05, 4.69) is 6.92 Å². The molecule has 3 rings (SSSR count). The molecular weight excluding hydrogens is 122 g/mol. The Morgan fingerprint density at radius 2 is 1.80 bits per heavy atom. The SMILES string of the molecule is CCC1CC2CC(C1)C2N. The predicted octanol–water partition coefficient (Wildman–Crippen LogP) is 1.77. The third-order valence-corrected chi connectivity index (χ3v) is 3.54. The summed E-state index contributed by atoms with van der Waals surface area (Å²) in [6.45, 7) is 2.31. The highest BCUT2D eigenvalue weighted by atomic mass is 14.7. The highest BCUT2D eigenvalue weighted by molar-refractivity contribution is 4.98. The van der Waals surface area contributed by atoms with Gasteiger partial charge in [0.2, 0.25) is 0 Å². The summed E-state index contributed by atoms with van der Waals surface area (Å²) in [5.74, 6) is 2.83. The second-order valence-corrected chi connectivity index (χ2v) is 4.08. The molecule has 0 heterocycles. The van der Waals surface area contributed by atoms with Crippen molar-refractivity contribution in [3.05, 3.63) is 0 Å². The van der Waals surface area contributed by atoms with Crippen LogP contribution in [-0.4, -0.2) is 6.04 Å². The van der Waals surface area contributed by atoms with E-state index in [1.54, 1.807) is 0 Å². The molecule has 0 radical (unpaired) electrons. The Morgan fingerprint density at radius 1 is 1.20 bits per heavy atom. The van der Waals surface area contributed by atoms with Crippen molar-refractivity contribution in [2.75, 3.05) is 0 Å². The van der Waals surface area contributed by atoms with Crippen LogP contribution in [0.5, 0.6) is 0 Å². The standard InChI is InChI=1S/C9H17N/c1-2-6-3-7-5-8(4-6)9(7)10/h6-9H,2-5,10H2,1H3. The zero-order valence-corrected chi connectivity index (χ0v) is 6.72. The van der Waals surface area contributed by atoms with Crippen LogP contribution in [0.4, 0.5) is 0 Å². The fourth-order valence-electron chi connectivity index (χ4n) is 2.68. The number of hydrogen-bond donors (Lipinski definition) is 1. The maximum Gasteiger partial charge on any atom is 0.00960 e. The summed E-state index contributed by atoms with van der Waals surface area (Å²) in [5.41, 5.74) is 5.94. The molecule has 2 N–H and O–H groups in total. The number of hydrogen-bond acceptors (Lipinski definition) is 1. The minimum atomic E-state index is 0.586. The van der Waals surface area contributed by atoms with Gasteiger partial charge in [-0.2, -0.15) is 0 Å². The average Bonchev–Trinajstić information content (AvgIpc) is 2.04. The first-order valence-electron chi connectivity index (χ1n) is 4.56. The third-order valence-electron chi connectivity index (χ3n) is 3.54. The number of fused-ring (bicyclic) bond motifs is 2. The van der Waals surface area contributed by atoms with Crippen molar-refractivity contribution in [1.82, 2.24) is 0 Å². The van der Waals surface area contributed by atoms with Crippen molar-refractivity contribution in [1.29, 1.82) is 0 Å². The van der Waals surface area contributed by atoms with Gasteiger partial charge in [-0.15, -0.1) is 0 Å². The quantitative estimate of drug-likeness (QED) is 0.588. The lowest BCUT2D eigenvalue weighted by molar-refractivity contribution is 0.0344. The Morgan fingerprint density at radius 3 is 2.20 bits per heavy atom. The van der Waals surface area contributed by atoms with Crippen LogP contribution in [0, 0.1) is 17.8 Å². The average molecular weight is 139 g/mol. The molecule has 0 aromatic heterocycles. The van der Waals surface area contributed by atoms with Crippen molar-refractivity contribution in [2.45, 2.75) is 38.6 Å². The second kappa shape index (κ2) is 2.23. The van der Waals surface area contributed by atoms with Crippen LogP contribution >= 0.6 is 0 Å². The summed E-state index contributed by atoms with van der Waals surface area (Å²) < 4.78 is 0. The second-order valence-electron chi connectivity index (χ2n) is 4.08. The van der Waals surface area contributed by atoms with Crippen LogP contribution in [0.15, 0.2) is 0 Å². The van der Waals surface area contributed by atoms with Gasteiger partial charge in [0.05, 0.1) is 0 Å². The molecule has 3 aliphatic carbocycles. The van der Waals surface area contributed by atoms with Gasteiger partial charge >= 0.3 is 0 Å². The van der Waals surface area contributed by atoms with Gasteiger partial charge in [0.1, 0.15) is 0 Å². The van der Waals surface area contributed by atoms with E-state index in [0.29, 0.717) is 6.04 Å². The van der Waals surface area contributed by atoms with E-state index >= 15 is 0 Å². The molecule has 58 valence electrons. The molecular formula is C9H17N. The smallest absolute Gasteiger partial charge is 0.00960 e. The first kappa shape index (κ1) is 6.66. The van der Waals surface area contributed by atoms with Crippen molar-refractivity contribution >= 4 is 0 Å². The molecule has 0 amide bonds. The van der Waals surface area contributed by atoms with E-state index < -0.39 is 0 Å². The summed E-state index contributed by atoms with van der Waals surface area (Å²) in [4.78, 5) is 0. The fraction of sp³-hybridized carbons (Fsp3) is 1.00. The Balaban J connectivity index is 1.93. The monoisotopic (exact) mass is 139 g/mol. The molecule has 0 aliphatic heterocycles. The third kappa shape index (κ3) is 0.800. The van der Waals surface area contributed by atoms with Gasteiger partial charge in [0, 0.05) is 6.04 Å². The lowest BCUT2D eigenvalue weighted by atomic mass is 9.58. The zero-order chi connectivity index (χ0) is 7.14. The first-order chi connectivity index (χ1) is 4.81. The lowest BCUT2D eigenvalue weighted by Gasteiger charge is -2.50. The minimum Gasteiger partial charge on any atom is -0.327 e. The van der Waals surface area contributed by atoms with Crippen LogP contribution in [0.1, 0.15) is 32.6 Å². The summed E-state index contributed by atoms with van der Waals surface area (Å²) in [5, 5.41) is 0. The van der Waals surface area contributed by atoms with E-state index in [-0.39, 0.29) is 0 Å². The van der Waals surface area contributed by atoms with E-state index in [0.717, 1.165) is 17.8 Å². The molecule has 0 spiro atoms. The molecule has 3 fully saturated rings. The molecule has 0 aromatic carbocycles. The summed E-state index contributed by atoms with van der Waals surface area (Å²) in [6.07, 6.45) is 5.67. The topological polar surface area (TPSA) is 26.0 Å². The molecule has 3 saturated carbocycles. The van der Waals surface area contributed by atoms with Crippen molar-refractivity contribution in [2.24, 2.45) is 23.5 Å². The van der Waals surface area contributed by atoms with Crippen LogP contribution in [0.3, 0.4) is 0 Å². The minimum absolute atomic E-state index is 0.586. The lowest BCUT2D eigenvalue weighted by Crippen LogP contribution is -2.53. The molecule has 0 saturated heterocycles.